The highest BCUT2D eigenvalue weighted by atomic mass is 32.2. The van der Waals surface area contributed by atoms with Crippen molar-refractivity contribution in [2.45, 2.75) is 30.6 Å². The number of thioether (sulfide) groups is 1. The number of benzene rings is 1. The maximum Gasteiger partial charge on any atom is 0.290 e. The van der Waals surface area contributed by atoms with Crippen LogP contribution in [0.1, 0.15) is 25.7 Å². The number of rotatable bonds is 4. The fraction of sp³-hybridized carbons (Fsp3) is 0.333. The Hall–Kier alpha value is -1.89. The minimum Gasteiger partial charge on any atom is -0.258 e. The second-order valence-electron chi connectivity index (χ2n) is 4.18. The van der Waals surface area contributed by atoms with E-state index in [1.807, 2.05) is 0 Å². The molecule has 0 aromatic heterocycles. The molecular formula is C12H12N2O4S. The number of nitro groups is 2. The average molecular weight is 280 g/mol. The van der Waals surface area contributed by atoms with Crippen LogP contribution in [0.25, 0.3) is 0 Å². The third-order valence-electron chi connectivity index (χ3n) is 2.84. The van der Waals surface area contributed by atoms with Gasteiger partial charge in [-0.2, -0.15) is 0 Å². The standard InChI is InChI=1S/C12H12N2O4S/c15-13(16)9-6-7-12(11(8-9)14(17)18)19-10-4-2-1-3-5-10/h4,6-8H,1-3,5H2. The molecule has 1 aliphatic carbocycles. The van der Waals surface area contributed by atoms with Gasteiger partial charge in [-0.15, -0.1) is 0 Å². The van der Waals surface area contributed by atoms with Gasteiger partial charge in [-0.1, -0.05) is 17.8 Å². The van der Waals surface area contributed by atoms with Crippen LogP contribution in [0.3, 0.4) is 0 Å². The number of nitrogens with zero attached hydrogens (tertiary/aromatic N) is 2. The Balaban J connectivity index is 2.31. The van der Waals surface area contributed by atoms with E-state index in [1.165, 1.54) is 23.9 Å². The van der Waals surface area contributed by atoms with E-state index in [1.54, 1.807) is 0 Å². The van der Waals surface area contributed by atoms with Crippen molar-refractivity contribution < 1.29 is 9.85 Å². The van der Waals surface area contributed by atoms with Gasteiger partial charge in [-0.25, -0.2) is 0 Å². The van der Waals surface area contributed by atoms with Gasteiger partial charge in [0, 0.05) is 6.07 Å². The lowest BCUT2D eigenvalue weighted by Crippen LogP contribution is -1.95. The zero-order chi connectivity index (χ0) is 13.8. The van der Waals surface area contributed by atoms with Crippen LogP contribution >= 0.6 is 11.8 Å². The van der Waals surface area contributed by atoms with E-state index in [4.69, 9.17) is 0 Å². The van der Waals surface area contributed by atoms with Gasteiger partial charge in [-0.3, -0.25) is 20.2 Å². The topological polar surface area (TPSA) is 86.3 Å². The molecule has 0 aliphatic heterocycles. The second kappa shape index (κ2) is 5.83. The number of hydrogen-bond donors (Lipinski definition) is 0. The Kier molecular flexibility index (Phi) is 4.16. The van der Waals surface area contributed by atoms with Crippen molar-refractivity contribution in [1.29, 1.82) is 0 Å². The molecule has 0 saturated heterocycles. The molecule has 1 aromatic rings. The Morgan fingerprint density at radius 1 is 1.11 bits per heavy atom. The van der Waals surface area contributed by atoms with Crippen LogP contribution in [-0.2, 0) is 0 Å². The molecule has 0 bridgehead atoms. The highest BCUT2D eigenvalue weighted by Gasteiger charge is 2.21. The van der Waals surface area contributed by atoms with Crippen LogP contribution in [0, 0.1) is 20.2 Å². The summed E-state index contributed by atoms with van der Waals surface area (Å²) < 4.78 is 0. The predicted molar refractivity (Wildman–Crippen MR) is 72.2 cm³/mol. The fourth-order valence-electron chi connectivity index (χ4n) is 1.89. The van der Waals surface area contributed by atoms with Crippen molar-refractivity contribution in [1.82, 2.24) is 0 Å². The minimum absolute atomic E-state index is 0.203. The summed E-state index contributed by atoms with van der Waals surface area (Å²) in [4.78, 5) is 22.0. The lowest BCUT2D eigenvalue weighted by molar-refractivity contribution is -0.396. The molecule has 1 aliphatic rings. The first-order valence-corrected chi connectivity index (χ1v) is 6.69. The molecule has 0 spiro atoms. The van der Waals surface area contributed by atoms with Gasteiger partial charge in [0.25, 0.3) is 11.4 Å². The molecular weight excluding hydrogens is 268 g/mol. The highest BCUT2D eigenvalue weighted by molar-refractivity contribution is 8.03. The van der Waals surface area contributed by atoms with Gasteiger partial charge in [0.1, 0.15) is 0 Å². The summed E-state index contributed by atoms with van der Waals surface area (Å²) in [7, 11) is 0. The molecule has 0 radical (unpaired) electrons. The first-order valence-electron chi connectivity index (χ1n) is 5.87. The van der Waals surface area contributed by atoms with E-state index in [2.05, 4.69) is 6.08 Å². The maximum absolute atomic E-state index is 11.0. The average Bonchev–Trinajstić information content (AvgIpc) is 2.39. The van der Waals surface area contributed by atoms with Crippen LogP contribution in [0.5, 0.6) is 0 Å². The fourth-order valence-corrected chi connectivity index (χ4v) is 3.00. The van der Waals surface area contributed by atoms with Gasteiger partial charge in [0.15, 0.2) is 0 Å². The van der Waals surface area contributed by atoms with Crippen LogP contribution in [0.4, 0.5) is 11.4 Å². The molecule has 0 N–H and O–H groups in total. The van der Waals surface area contributed by atoms with Crippen molar-refractivity contribution in [2.75, 3.05) is 0 Å². The number of hydrogen-bond acceptors (Lipinski definition) is 5. The monoisotopic (exact) mass is 280 g/mol. The molecule has 0 heterocycles. The van der Waals surface area contributed by atoms with Crippen LogP contribution < -0.4 is 0 Å². The normalized spacial score (nSPS) is 14.8. The molecule has 0 fully saturated rings. The van der Waals surface area contributed by atoms with Gasteiger partial charge in [0.05, 0.1) is 20.8 Å². The quantitative estimate of drug-likeness (QED) is 0.613. The predicted octanol–water partition coefficient (Wildman–Crippen LogP) is 4.05. The van der Waals surface area contributed by atoms with Crippen LogP contribution in [-0.4, -0.2) is 9.85 Å². The molecule has 6 nitrogen and oxygen atoms in total. The Labute approximate surface area is 113 Å². The van der Waals surface area contributed by atoms with Crippen molar-refractivity contribution >= 4 is 23.1 Å². The van der Waals surface area contributed by atoms with E-state index < -0.39 is 9.85 Å². The SMILES string of the molecule is O=[N+]([O-])c1ccc(SC2=CCCCC2)c([N+](=O)[O-])c1. The van der Waals surface area contributed by atoms with E-state index in [9.17, 15) is 20.2 Å². The lowest BCUT2D eigenvalue weighted by atomic mass is 10.1. The zero-order valence-electron chi connectivity index (χ0n) is 10.1. The number of nitro benzene ring substituents is 2. The molecule has 0 unspecified atom stereocenters. The van der Waals surface area contributed by atoms with E-state index >= 15 is 0 Å². The molecule has 0 saturated carbocycles. The third-order valence-corrected chi connectivity index (χ3v) is 4.04. The summed E-state index contributed by atoms with van der Waals surface area (Å²) in [5, 5.41) is 21.6. The molecule has 100 valence electrons. The third kappa shape index (κ3) is 3.31. The Morgan fingerprint density at radius 2 is 1.89 bits per heavy atom. The first kappa shape index (κ1) is 13.5. The molecule has 2 rings (SSSR count). The van der Waals surface area contributed by atoms with E-state index in [-0.39, 0.29) is 11.4 Å². The summed E-state index contributed by atoms with van der Waals surface area (Å²) in [6.45, 7) is 0. The highest BCUT2D eigenvalue weighted by Crippen LogP contribution is 2.39. The van der Waals surface area contributed by atoms with Crippen LogP contribution in [0.2, 0.25) is 0 Å². The zero-order valence-corrected chi connectivity index (χ0v) is 10.9. The smallest absolute Gasteiger partial charge is 0.258 e. The molecule has 19 heavy (non-hydrogen) atoms. The van der Waals surface area contributed by atoms with Gasteiger partial charge in [0.2, 0.25) is 0 Å². The maximum atomic E-state index is 11.0. The van der Waals surface area contributed by atoms with Gasteiger partial charge >= 0.3 is 0 Å². The summed E-state index contributed by atoms with van der Waals surface area (Å²) >= 11 is 1.34. The first-order chi connectivity index (χ1) is 9.08. The molecule has 7 heteroatoms. The lowest BCUT2D eigenvalue weighted by Gasteiger charge is -2.11. The summed E-state index contributed by atoms with van der Waals surface area (Å²) in [6.07, 6.45) is 6.22. The molecule has 1 aromatic carbocycles. The van der Waals surface area contributed by atoms with E-state index in [0.717, 1.165) is 36.7 Å². The Bertz CT molecular complexity index is 557. The van der Waals surface area contributed by atoms with Crippen LogP contribution in [0.15, 0.2) is 34.1 Å². The second-order valence-corrected chi connectivity index (χ2v) is 5.35. The summed E-state index contributed by atoms with van der Waals surface area (Å²) in [5.41, 5.74) is -0.459. The molecule has 0 amide bonds. The number of allylic oxidation sites excluding steroid dienone is 2. The van der Waals surface area contributed by atoms with E-state index in [0.29, 0.717) is 4.90 Å². The van der Waals surface area contributed by atoms with Crippen molar-refractivity contribution in [3.63, 3.8) is 0 Å². The van der Waals surface area contributed by atoms with Crippen molar-refractivity contribution in [2.24, 2.45) is 0 Å². The summed E-state index contributed by atoms with van der Waals surface area (Å²) in [5.74, 6) is 0. The van der Waals surface area contributed by atoms with Gasteiger partial charge in [-0.05, 0) is 36.7 Å². The number of non-ortho nitro benzene ring substituents is 1. The largest absolute Gasteiger partial charge is 0.290 e. The summed E-state index contributed by atoms with van der Waals surface area (Å²) in [6, 6.07) is 3.78. The Morgan fingerprint density at radius 3 is 2.47 bits per heavy atom. The van der Waals surface area contributed by atoms with Crippen molar-refractivity contribution in [3.05, 3.63) is 49.4 Å². The molecule has 0 atom stereocenters. The van der Waals surface area contributed by atoms with Crippen molar-refractivity contribution in [3.8, 4) is 0 Å². The minimum atomic E-state index is -0.624. The van der Waals surface area contributed by atoms with Gasteiger partial charge < -0.3 is 0 Å².